The van der Waals surface area contributed by atoms with E-state index in [1.807, 2.05) is 97.6 Å². The van der Waals surface area contributed by atoms with Gasteiger partial charge in [-0.05, 0) is 36.6 Å². The summed E-state index contributed by atoms with van der Waals surface area (Å²) < 4.78 is 0. The zero-order valence-corrected chi connectivity index (χ0v) is 17.3. The standard InChI is InChI=1S/C26H25N3O/c1-20-13-14-25(21(2)15-20)28-26(30)24(16-27)19-29(17-22-9-5-3-6-10-22)18-23-11-7-4-8-12-23/h3-15,19H,17-18H2,1-2H3,(H,28,30)/b24-19-. The number of hydrogen-bond donors (Lipinski definition) is 1. The van der Waals surface area contributed by atoms with Gasteiger partial charge in [-0.25, -0.2) is 0 Å². The van der Waals surface area contributed by atoms with E-state index in [-0.39, 0.29) is 5.57 Å². The third kappa shape index (κ3) is 5.83. The maximum absolute atomic E-state index is 12.8. The maximum Gasteiger partial charge on any atom is 0.267 e. The van der Waals surface area contributed by atoms with Gasteiger partial charge in [0.05, 0.1) is 0 Å². The van der Waals surface area contributed by atoms with Gasteiger partial charge in [-0.3, -0.25) is 4.79 Å². The highest BCUT2D eigenvalue weighted by Gasteiger charge is 2.13. The van der Waals surface area contributed by atoms with Crippen LogP contribution in [0.25, 0.3) is 0 Å². The molecule has 4 heteroatoms. The Morgan fingerprint density at radius 1 is 0.933 bits per heavy atom. The lowest BCUT2D eigenvalue weighted by Gasteiger charge is -2.21. The number of hydrogen-bond acceptors (Lipinski definition) is 3. The highest BCUT2D eigenvalue weighted by atomic mass is 16.1. The minimum atomic E-state index is -0.407. The number of amides is 1. The molecule has 3 rings (SSSR count). The number of nitriles is 1. The zero-order valence-electron chi connectivity index (χ0n) is 17.3. The number of rotatable bonds is 7. The maximum atomic E-state index is 12.8. The molecule has 0 bridgehead atoms. The molecule has 4 nitrogen and oxygen atoms in total. The third-order valence-electron chi connectivity index (χ3n) is 4.76. The minimum Gasteiger partial charge on any atom is -0.367 e. The molecule has 0 saturated carbocycles. The summed E-state index contributed by atoms with van der Waals surface area (Å²) in [7, 11) is 0. The van der Waals surface area contributed by atoms with E-state index in [1.54, 1.807) is 6.20 Å². The number of benzene rings is 3. The van der Waals surface area contributed by atoms with Gasteiger partial charge in [-0.15, -0.1) is 0 Å². The van der Waals surface area contributed by atoms with E-state index < -0.39 is 5.91 Å². The highest BCUT2D eigenvalue weighted by Crippen LogP contribution is 2.18. The van der Waals surface area contributed by atoms with Crippen LogP contribution in [-0.4, -0.2) is 10.8 Å². The smallest absolute Gasteiger partial charge is 0.267 e. The normalized spacial score (nSPS) is 10.9. The molecule has 0 aliphatic rings. The number of nitrogens with one attached hydrogen (secondary N) is 1. The van der Waals surface area contributed by atoms with E-state index in [0.29, 0.717) is 18.8 Å². The molecule has 3 aromatic rings. The molecular weight excluding hydrogens is 370 g/mol. The van der Waals surface area contributed by atoms with Gasteiger partial charge in [0.2, 0.25) is 0 Å². The Balaban J connectivity index is 1.84. The van der Waals surface area contributed by atoms with E-state index in [1.165, 1.54) is 0 Å². The summed E-state index contributed by atoms with van der Waals surface area (Å²) in [4.78, 5) is 14.8. The second kappa shape index (κ2) is 10.1. The van der Waals surface area contributed by atoms with Crippen molar-refractivity contribution in [2.24, 2.45) is 0 Å². The fourth-order valence-corrected chi connectivity index (χ4v) is 3.25. The Bertz CT molecular complexity index is 1020. The van der Waals surface area contributed by atoms with Crippen molar-refractivity contribution in [1.29, 1.82) is 5.26 Å². The molecule has 0 aromatic heterocycles. The number of nitrogens with zero attached hydrogens (tertiary/aromatic N) is 2. The number of carbonyl (C=O) groups is 1. The van der Waals surface area contributed by atoms with Crippen LogP contribution >= 0.6 is 0 Å². The van der Waals surface area contributed by atoms with Crippen LogP contribution in [-0.2, 0) is 17.9 Å². The van der Waals surface area contributed by atoms with Gasteiger partial charge in [0.15, 0.2) is 0 Å². The van der Waals surface area contributed by atoms with Crippen LogP contribution in [0.2, 0.25) is 0 Å². The topological polar surface area (TPSA) is 56.1 Å². The van der Waals surface area contributed by atoms with Crippen molar-refractivity contribution in [3.63, 3.8) is 0 Å². The lowest BCUT2D eigenvalue weighted by atomic mass is 10.1. The van der Waals surface area contributed by atoms with Crippen molar-refractivity contribution in [1.82, 2.24) is 4.90 Å². The Hall–Kier alpha value is -3.84. The molecule has 0 spiro atoms. The summed E-state index contributed by atoms with van der Waals surface area (Å²) in [5, 5.41) is 12.5. The number of carbonyl (C=O) groups excluding carboxylic acids is 1. The molecule has 0 saturated heterocycles. The first kappa shape index (κ1) is 20.9. The molecule has 3 aromatic carbocycles. The van der Waals surface area contributed by atoms with Gasteiger partial charge < -0.3 is 10.2 Å². The average Bonchev–Trinajstić information content (AvgIpc) is 2.75. The summed E-state index contributed by atoms with van der Waals surface area (Å²) in [6, 6.07) is 27.9. The predicted octanol–water partition coefficient (Wildman–Crippen LogP) is 5.35. The summed E-state index contributed by atoms with van der Waals surface area (Å²) in [5.41, 5.74) is 5.09. The lowest BCUT2D eigenvalue weighted by molar-refractivity contribution is -0.112. The predicted molar refractivity (Wildman–Crippen MR) is 120 cm³/mol. The minimum absolute atomic E-state index is 0.0711. The number of anilines is 1. The van der Waals surface area contributed by atoms with E-state index >= 15 is 0 Å². The molecule has 0 radical (unpaired) electrons. The molecule has 0 aliphatic carbocycles. The first-order chi connectivity index (χ1) is 14.5. The van der Waals surface area contributed by atoms with E-state index in [2.05, 4.69) is 11.4 Å². The van der Waals surface area contributed by atoms with Crippen LogP contribution in [0, 0.1) is 25.2 Å². The molecule has 0 atom stereocenters. The van der Waals surface area contributed by atoms with Crippen LogP contribution in [0.3, 0.4) is 0 Å². The molecule has 150 valence electrons. The Labute approximate surface area is 178 Å². The fraction of sp³-hybridized carbons (Fsp3) is 0.154. The summed E-state index contributed by atoms with van der Waals surface area (Å²) in [5.74, 6) is -0.407. The Kier molecular flexibility index (Phi) is 7.02. The summed E-state index contributed by atoms with van der Waals surface area (Å²) >= 11 is 0. The quantitative estimate of drug-likeness (QED) is 0.433. The monoisotopic (exact) mass is 395 g/mol. The van der Waals surface area contributed by atoms with Gasteiger partial charge in [-0.1, -0.05) is 78.4 Å². The molecule has 0 heterocycles. The van der Waals surface area contributed by atoms with E-state index in [0.717, 1.165) is 22.3 Å². The molecule has 0 aliphatic heterocycles. The van der Waals surface area contributed by atoms with Gasteiger partial charge in [-0.2, -0.15) is 5.26 Å². The van der Waals surface area contributed by atoms with Crippen molar-refractivity contribution >= 4 is 11.6 Å². The van der Waals surface area contributed by atoms with Crippen LogP contribution < -0.4 is 5.32 Å². The molecule has 1 N–H and O–H groups in total. The van der Waals surface area contributed by atoms with Gasteiger partial charge in [0, 0.05) is 25.0 Å². The number of aryl methyl sites for hydroxylation is 2. The lowest BCUT2D eigenvalue weighted by Crippen LogP contribution is -2.21. The van der Waals surface area contributed by atoms with Crippen molar-refractivity contribution in [2.75, 3.05) is 5.32 Å². The van der Waals surface area contributed by atoms with Gasteiger partial charge in [0.1, 0.15) is 11.6 Å². The molecular formula is C26H25N3O. The molecule has 1 amide bonds. The van der Waals surface area contributed by atoms with Gasteiger partial charge >= 0.3 is 0 Å². The van der Waals surface area contributed by atoms with Crippen molar-refractivity contribution < 1.29 is 4.79 Å². The average molecular weight is 396 g/mol. The third-order valence-corrected chi connectivity index (χ3v) is 4.76. The Morgan fingerprint density at radius 2 is 1.50 bits per heavy atom. The van der Waals surface area contributed by atoms with Crippen molar-refractivity contribution in [2.45, 2.75) is 26.9 Å². The fourth-order valence-electron chi connectivity index (χ4n) is 3.25. The second-order valence-electron chi connectivity index (χ2n) is 7.30. The second-order valence-corrected chi connectivity index (χ2v) is 7.30. The summed E-state index contributed by atoms with van der Waals surface area (Å²) in [6.45, 7) is 5.13. The SMILES string of the molecule is Cc1ccc(NC(=O)/C(C#N)=C\N(Cc2ccccc2)Cc2ccccc2)c(C)c1. The zero-order chi connectivity index (χ0) is 21.3. The van der Waals surface area contributed by atoms with Crippen molar-refractivity contribution in [3.8, 4) is 6.07 Å². The first-order valence-corrected chi connectivity index (χ1v) is 9.87. The van der Waals surface area contributed by atoms with Crippen LogP contribution in [0.15, 0.2) is 90.6 Å². The van der Waals surface area contributed by atoms with Crippen LogP contribution in [0.1, 0.15) is 22.3 Å². The molecule has 0 fully saturated rings. The molecule has 30 heavy (non-hydrogen) atoms. The van der Waals surface area contributed by atoms with E-state index in [4.69, 9.17) is 0 Å². The first-order valence-electron chi connectivity index (χ1n) is 9.87. The van der Waals surface area contributed by atoms with Gasteiger partial charge in [0.25, 0.3) is 5.91 Å². The Morgan fingerprint density at radius 3 is 2.00 bits per heavy atom. The highest BCUT2D eigenvalue weighted by molar-refractivity contribution is 6.06. The van der Waals surface area contributed by atoms with Crippen molar-refractivity contribution in [3.05, 3.63) is 113 Å². The van der Waals surface area contributed by atoms with Crippen LogP contribution in [0.5, 0.6) is 0 Å². The van der Waals surface area contributed by atoms with E-state index in [9.17, 15) is 10.1 Å². The summed E-state index contributed by atoms with van der Waals surface area (Å²) in [6.07, 6.45) is 1.65. The largest absolute Gasteiger partial charge is 0.367 e. The van der Waals surface area contributed by atoms with Crippen LogP contribution in [0.4, 0.5) is 5.69 Å². The molecule has 0 unspecified atom stereocenters.